The number of carbonyl (C=O) groups excluding carboxylic acids is 1. The molecule has 0 saturated carbocycles. The van der Waals surface area contributed by atoms with Crippen LogP contribution in [0.4, 0.5) is 4.39 Å². The zero-order chi connectivity index (χ0) is 18.0. The van der Waals surface area contributed by atoms with Crippen molar-refractivity contribution in [3.8, 4) is 0 Å². The number of amides is 1. The van der Waals surface area contributed by atoms with E-state index in [0.717, 1.165) is 44.5 Å². The maximum atomic E-state index is 13.1. The molecule has 0 bridgehead atoms. The van der Waals surface area contributed by atoms with Crippen LogP contribution in [-0.2, 0) is 11.3 Å². The van der Waals surface area contributed by atoms with E-state index in [-0.39, 0.29) is 23.4 Å². The monoisotopic (exact) mass is 358 g/mol. The molecule has 0 radical (unpaired) electrons. The molecule has 3 heterocycles. The van der Waals surface area contributed by atoms with Gasteiger partial charge in [-0.3, -0.25) is 9.69 Å². The number of likely N-dealkylation sites (tertiary alicyclic amines) is 1. The predicted octanol–water partition coefficient (Wildman–Crippen LogP) is 2.97. The first-order valence-corrected chi connectivity index (χ1v) is 9.07. The number of nitrogens with one attached hydrogen (secondary N) is 1. The Morgan fingerprint density at radius 1 is 1.31 bits per heavy atom. The fourth-order valence-corrected chi connectivity index (χ4v) is 4.01. The Morgan fingerprint density at radius 3 is 2.92 bits per heavy atom. The van der Waals surface area contributed by atoms with Gasteiger partial charge >= 0.3 is 0 Å². The van der Waals surface area contributed by atoms with Gasteiger partial charge in [0.05, 0.1) is 11.9 Å². The highest BCUT2D eigenvalue weighted by Gasteiger charge is 2.43. The summed E-state index contributed by atoms with van der Waals surface area (Å²) < 4.78 is 24.4. The molecule has 0 aliphatic carbocycles. The van der Waals surface area contributed by atoms with Gasteiger partial charge in [-0.05, 0) is 49.1 Å². The van der Waals surface area contributed by atoms with Crippen LogP contribution in [0, 0.1) is 5.82 Å². The van der Waals surface area contributed by atoms with Crippen LogP contribution in [0.2, 0.25) is 0 Å². The smallest absolute Gasteiger partial charge is 0.287 e. The molecule has 6 heteroatoms. The second-order valence-corrected chi connectivity index (χ2v) is 7.26. The molecule has 1 N–H and O–H groups in total. The summed E-state index contributed by atoms with van der Waals surface area (Å²) in [7, 11) is 0. The third-order valence-corrected chi connectivity index (χ3v) is 5.29. The normalized spacial score (nSPS) is 26.3. The highest BCUT2D eigenvalue weighted by atomic mass is 19.1. The lowest BCUT2D eigenvalue weighted by molar-refractivity contribution is -0.0793. The third kappa shape index (κ3) is 3.81. The van der Waals surface area contributed by atoms with Crippen molar-refractivity contribution in [3.63, 3.8) is 0 Å². The van der Waals surface area contributed by atoms with E-state index in [1.54, 1.807) is 12.1 Å². The number of benzene rings is 1. The van der Waals surface area contributed by atoms with Crippen LogP contribution in [0.3, 0.4) is 0 Å². The molecule has 2 aliphatic heterocycles. The van der Waals surface area contributed by atoms with E-state index in [1.165, 1.54) is 18.4 Å². The Balaban J connectivity index is 1.35. The van der Waals surface area contributed by atoms with Gasteiger partial charge in [0, 0.05) is 32.3 Å². The van der Waals surface area contributed by atoms with E-state index in [4.69, 9.17) is 9.15 Å². The fraction of sp³-hybridized carbons (Fsp3) is 0.450. The van der Waals surface area contributed by atoms with Gasteiger partial charge in [0.15, 0.2) is 5.76 Å². The van der Waals surface area contributed by atoms with Gasteiger partial charge in [0.1, 0.15) is 5.82 Å². The lowest BCUT2D eigenvalue weighted by atomic mass is 9.89. The minimum Gasteiger partial charge on any atom is -0.459 e. The summed E-state index contributed by atoms with van der Waals surface area (Å²) in [6.45, 7) is 3.20. The SMILES string of the molecule is O=C(N[C@@H]1CCO[C@]2(CCN(Cc3ccc(F)cc3)C2)C1)c1ccco1. The number of ether oxygens (including phenoxy) is 1. The zero-order valence-corrected chi connectivity index (χ0v) is 14.6. The molecule has 2 saturated heterocycles. The molecule has 5 nitrogen and oxygen atoms in total. The Kier molecular flexibility index (Phi) is 4.78. The molecular formula is C20H23FN2O3. The number of halogens is 1. The first kappa shape index (κ1) is 17.2. The molecule has 2 aliphatic rings. The highest BCUT2D eigenvalue weighted by Crippen LogP contribution is 2.35. The minimum absolute atomic E-state index is 0.0899. The predicted molar refractivity (Wildman–Crippen MR) is 94.2 cm³/mol. The number of carbonyl (C=O) groups is 1. The lowest BCUT2D eigenvalue weighted by Gasteiger charge is -2.38. The average Bonchev–Trinajstić information content (AvgIpc) is 3.28. The Hall–Kier alpha value is -2.18. The molecule has 1 aromatic heterocycles. The van der Waals surface area contributed by atoms with Crippen molar-refractivity contribution in [2.45, 2.75) is 37.5 Å². The van der Waals surface area contributed by atoms with E-state index in [1.807, 2.05) is 12.1 Å². The maximum Gasteiger partial charge on any atom is 0.287 e. The van der Waals surface area contributed by atoms with Crippen LogP contribution < -0.4 is 5.32 Å². The first-order valence-electron chi connectivity index (χ1n) is 9.07. The Labute approximate surface area is 152 Å². The van der Waals surface area contributed by atoms with E-state index in [0.29, 0.717) is 12.4 Å². The van der Waals surface area contributed by atoms with Crippen molar-refractivity contribution in [1.29, 1.82) is 0 Å². The molecule has 2 atom stereocenters. The van der Waals surface area contributed by atoms with Crippen LogP contribution in [0.25, 0.3) is 0 Å². The maximum absolute atomic E-state index is 13.1. The molecule has 138 valence electrons. The summed E-state index contributed by atoms with van der Waals surface area (Å²) in [5, 5.41) is 3.07. The summed E-state index contributed by atoms with van der Waals surface area (Å²) in [4.78, 5) is 14.6. The molecule has 4 rings (SSSR count). The number of hydrogen-bond donors (Lipinski definition) is 1. The van der Waals surface area contributed by atoms with Gasteiger partial charge < -0.3 is 14.5 Å². The van der Waals surface area contributed by atoms with E-state index in [2.05, 4.69) is 10.2 Å². The Bertz CT molecular complexity index is 747. The average molecular weight is 358 g/mol. The molecule has 1 amide bonds. The molecular weight excluding hydrogens is 335 g/mol. The third-order valence-electron chi connectivity index (χ3n) is 5.29. The van der Waals surface area contributed by atoms with Gasteiger partial charge in [0.25, 0.3) is 5.91 Å². The molecule has 1 spiro atoms. The standard InChI is InChI=1S/C20H23FN2O3/c21-16-5-3-15(4-6-16)13-23-9-8-20(14-23)12-17(7-11-26-20)22-19(24)18-2-1-10-25-18/h1-6,10,17H,7-9,11-14H2,(H,22,24)/t17-,20-/m1/s1. The van der Waals surface area contributed by atoms with Gasteiger partial charge in [-0.15, -0.1) is 0 Å². The van der Waals surface area contributed by atoms with E-state index in [9.17, 15) is 9.18 Å². The summed E-state index contributed by atoms with van der Waals surface area (Å²) in [5.41, 5.74) is 0.890. The molecule has 1 aromatic carbocycles. The van der Waals surface area contributed by atoms with Gasteiger partial charge in [-0.2, -0.15) is 0 Å². The topological polar surface area (TPSA) is 54.7 Å². The second-order valence-electron chi connectivity index (χ2n) is 7.26. The van der Waals surface area contributed by atoms with Crippen LogP contribution in [0.5, 0.6) is 0 Å². The minimum atomic E-state index is -0.211. The largest absolute Gasteiger partial charge is 0.459 e. The van der Waals surface area contributed by atoms with Crippen LogP contribution in [-0.4, -0.2) is 42.1 Å². The van der Waals surface area contributed by atoms with Crippen molar-refractivity contribution in [2.24, 2.45) is 0 Å². The van der Waals surface area contributed by atoms with Crippen molar-refractivity contribution < 1.29 is 18.3 Å². The van der Waals surface area contributed by atoms with Crippen molar-refractivity contribution >= 4 is 5.91 Å². The van der Waals surface area contributed by atoms with Crippen LogP contribution >= 0.6 is 0 Å². The molecule has 2 aromatic rings. The van der Waals surface area contributed by atoms with E-state index < -0.39 is 0 Å². The van der Waals surface area contributed by atoms with Crippen molar-refractivity contribution in [3.05, 3.63) is 59.8 Å². The summed E-state index contributed by atoms with van der Waals surface area (Å²) in [6, 6.07) is 10.1. The van der Waals surface area contributed by atoms with E-state index >= 15 is 0 Å². The molecule has 26 heavy (non-hydrogen) atoms. The number of rotatable bonds is 4. The summed E-state index contributed by atoms with van der Waals surface area (Å²) in [5.74, 6) is -0.0366. The highest BCUT2D eigenvalue weighted by molar-refractivity contribution is 5.91. The van der Waals surface area contributed by atoms with Gasteiger partial charge in [-0.25, -0.2) is 4.39 Å². The van der Waals surface area contributed by atoms with Gasteiger partial charge in [0.2, 0.25) is 0 Å². The van der Waals surface area contributed by atoms with Crippen molar-refractivity contribution in [1.82, 2.24) is 10.2 Å². The summed E-state index contributed by atoms with van der Waals surface area (Å²) >= 11 is 0. The fourth-order valence-electron chi connectivity index (χ4n) is 4.01. The van der Waals surface area contributed by atoms with Crippen LogP contribution in [0.1, 0.15) is 35.4 Å². The molecule has 2 fully saturated rings. The number of nitrogens with zero attached hydrogens (tertiary/aromatic N) is 1. The second kappa shape index (κ2) is 7.21. The first-order chi connectivity index (χ1) is 12.6. The zero-order valence-electron chi connectivity index (χ0n) is 14.6. The molecule has 0 unspecified atom stereocenters. The van der Waals surface area contributed by atoms with Crippen LogP contribution in [0.15, 0.2) is 47.1 Å². The number of furan rings is 1. The lowest BCUT2D eigenvalue weighted by Crippen LogP contribution is -2.49. The summed E-state index contributed by atoms with van der Waals surface area (Å²) in [6.07, 6.45) is 4.07. The quantitative estimate of drug-likeness (QED) is 0.913. The van der Waals surface area contributed by atoms with Crippen molar-refractivity contribution in [2.75, 3.05) is 19.7 Å². The van der Waals surface area contributed by atoms with Gasteiger partial charge in [-0.1, -0.05) is 12.1 Å². The Morgan fingerprint density at radius 2 is 2.15 bits per heavy atom. The number of hydrogen-bond acceptors (Lipinski definition) is 4.